The van der Waals surface area contributed by atoms with Gasteiger partial charge in [0.2, 0.25) is 0 Å². The van der Waals surface area contributed by atoms with Gasteiger partial charge in [-0.3, -0.25) is 4.21 Å². The van der Waals surface area contributed by atoms with Gasteiger partial charge in [-0.2, -0.15) is 0 Å². The molecule has 1 aliphatic rings. The SMILES string of the molecule is O=S1CCNC(c2ccco2)C1. The molecule has 3 nitrogen and oxygen atoms in total. The van der Waals surface area contributed by atoms with Gasteiger partial charge in [-0.1, -0.05) is 0 Å². The molecule has 4 heteroatoms. The summed E-state index contributed by atoms with van der Waals surface area (Å²) in [6.07, 6.45) is 1.65. The quantitative estimate of drug-likeness (QED) is 0.699. The van der Waals surface area contributed by atoms with E-state index in [-0.39, 0.29) is 6.04 Å². The van der Waals surface area contributed by atoms with Crippen molar-refractivity contribution >= 4 is 10.8 Å². The van der Waals surface area contributed by atoms with Crippen LogP contribution in [-0.2, 0) is 10.8 Å². The third-order valence-electron chi connectivity index (χ3n) is 1.96. The first-order chi connectivity index (χ1) is 5.86. The normalized spacial score (nSPS) is 30.3. The zero-order valence-electron chi connectivity index (χ0n) is 6.66. The maximum Gasteiger partial charge on any atom is 0.121 e. The van der Waals surface area contributed by atoms with E-state index in [0.29, 0.717) is 5.75 Å². The second-order valence-corrected chi connectivity index (χ2v) is 4.45. The molecule has 66 valence electrons. The topological polar surface area (TPSA) is 42.2 Å². The molecular weight excluding hydrogens is 174 g/mol. The first-order valence-corrected chi connectivity index (χ1v) is 5.47. The fourth-order valence-corrected chi connectivity index (χ4v) is 2.51. The Morgan fingerprint density at radius 2 is 2.58 bits per heavy atom. The summed E-state index contributed by atoms with van der Waals surface area (Å²) in [5.41, 5.74) is 0. The highest BCUT2D eigenvalue weighted by Gasteiger charge is 2.20. The molecule has 0 spiro atoms. The Balaban J connectivity index is 2.09. The van der Waals surface area contributed by atoms with Gasteiger partial charge in [0.05, 0.1) is 12.3 Å². The van der Waals surface area contributed by atoms with Crippen molar-refractivity contribution in [3.05, 3.63) is 24.2 Å². The molecule has 0 bridgehead atoms. The number of rotatable bonds is 1. The monoisotopic (exact) mass is 185 g/mol. The minimum Gasteiger partial charge on any atom is -0.468 e. The Bertz CT molecular complexity index is 271. The molecule has 0 saturated carbocycles. The summed E-state index contributed by atoms with van der Waals surface area (Å²) < 4.78 is 16.4. The molecule has 2 heterocycles. The molecule has 0 aromatic carbocycles. The third kappa shape index (κ3) is 1.59. The summed E-state index contributed by atoms with van der Waals surface area (Å²) in [5.74, 6) is 2.33. The van der Waals surface area contributed by atoms with E-state index in [4.69, 9.17) is 4.42 Å². The predicted octanol–water partition coefficient (Wildman–Crippen LogP) is 0.673. The Labute approximate surface area is 73.6 Å². The van der Waals surface area contributed by atoms with Crippen LogP contribution < -0.4 is 5.32 Å². The van der Waals surface area contributed by atoms with Crippen molar-refractivity contribution in [2.75, 3.05) is 18.1 Å². The Morgan fingerprint density at radius 3 is 3.25 bits per heavy atom. The van der Waals surface area contributed by atoms with E-state index < -0.39 is 10.8 Å². The van der Waals surface area contributed by atoms with E-state index >= 15 is 0 Å². The van der Waals surface area contributed by atoms with Crippen LogP contribution >= 0.6 is 0 Å². The van der Waals surface area contributed by atoms with E-state index in [0.717, 1.165) is 18.1 Å². The van der Waals surface area contributed by atoms with Crippen LogP contribution in [0, 0.1) is 0 Å². The lowest BCUT2D eigenvalue weighted by Gasteiger charge is -2.20. The molecule has 2 unspecified atom stereocenters. The van der Waals surface area contributed by atoms with Crippen LogP contribution in [0.1, 0.15) is 11.8 Å². The van der Waals surface area contributed by atoms with Crippen molar-refractivity contribution in [1.82, 2.24) is 5.32 Å². The van der Waals surface area contributed by atoms with Gasteiger partial charge < -0.3 is 9.73 Å². The zero-order chi connectivity index (χ0) is 8.39. The van der Waals surface area contributed by atoms with Crippen LogP contribution in [0.15, 0.2) is 22.8 Å². The fraction of sp³-hybridized carbons (Fsp3) is 0.500. The van der Waals surface area contributed by atoms with Crippen LogP contribution in [0.3, 0.4) is 0 Å². The molecule has 1 fully saturated rings. The molecule has 2 atom stereocenters. The molecule has 0 amide bonds. The van der Waals surface area contributed by atoms with E-state index in [1.165, 1.54) is 0 Å². The predicted molar refractivity (Wildman–Crippen MR) is 47.3 cm³/mol. The van der Waals surface area contributed by atoms with Crippen LogP contribution in [0.2, 0.25) is 0 Å². The average Bonchev–Trinajstić information content (AvgIpc) is 2.56. The lowest BCUT2D eigenvalue weighted by Crippen LogP contribution is -2.35. The molecule has 1 aromatic heterocycles. The van der Waals surface area contributed by atoms with Crippen molar-refractivity contribution in [3.8, 4) is 0 Å². The second-order valence-electron chi connectivity index (χ2n) is 2.83. The zero-order valence-corrected chi connectivity index (χ0v) is 7.47. The third-order valence-corrected chi connectivity index (χ3v) is 3.32. The van der Waals surface area contributed by atoms with E-state index in [2.05, 4.69) is 5.32 Å². The van der Waals surface area contributed by atoms with Crippen molar-refractivity contribution in [2.45, 2.75) is 6.04 Å². The van der Waals surface area contributed by atoms with Gasteiger partial charge >= 0.3 is 0 Å². The second kappa shape index (κ2) is 3.41. The van der Waals surface area contributed by atoms with Gasteiger partial charge in [-0.05, 0) is 12.1 Å². The molecular formula is C8H11NO2S. The Hall–Kier alpha value is -0.610. The van der Waals surface area contributed by atoms with Crippen LogP contribution in [0.25, 0.3) is 0 Å². The van der Waals surface area contributed by atoms with E-state index in [9.17, 15) is 4.21 Å². The number of furan rings is 1. The molecule has 0 radical (unpaired) electrons. The highest BCUT2D eigenvalue weighted by molar-refractivity contribution is 7.85. The largest absolute Gasteiger partial charge is 0.468 e. The summed E-state index contributed by atoms with van der Waals surface area (Å²) in [5, 5.41) is 3.27. The lowest BCUT2D eigenvalue weighted by molar-refractivity contribution is 0.433. The van der Waals surface area contributed by atoms with Gasteiger partial charge in [0.25, 0.3) is 0 Å². The van der Waals surface area contributed by atoms with Crippen LogP contribution in [-0.4, -0.2) is 22.3 Å². The van der Waals surface area contributed by atoms with Crippen molar-refractivity contribution in [2.24, 2.45) is 0 Å². The molecule has 2 rings (SSSR count). The standard InChI is InChI=1S/C8H11NO2S/c10-12-5-3-9-7(6-12)8-2-1-4-11-8/h1-2,4,7,9H,3,5-6H2. The number of hydrogen-bond donors (Lipinski definition) is 1. The molecule has 1 N–H and O–H groups in total. The van der Waals surface area contributed by atoms with Crippen LogP contribution in [0.4, 0.5) is 0 Å². The molecule has 1 aromatic rings. The average molecular weight is 185 g/mol. The molecule has 12 heavy (non-hydrogen) atoms. The first-order valence-electron chi connectivity index (χ1n) is 3.98. The molecule has 1 aliphatic heterocycles. The highest BCUT2D eigenvalue weighted by atomic mass is 32.2. The molecule has 1 saturated heterocycles. The van der Waals surface area contributed by atoms with Gasteiger partial charge in [0, 0.05) is 28.9 Å². The minimum absolute atomic E-state index is 0.148. The maximum absolute atomic E-state index is 11.2. The van der Waals surface area contributed by atoms with E-state index in [1.807, 2.05) is 12.1 Å². The van der Waals surface area contributed by atoms with Gasteiger partial charge in [0.15, 0.2) is 0 Å². The Morgan fingerprint density at radius 1 is 1.67 bits per heavy atom. The summed E-state index contributed by atoms with van der Waals surface area (Å²) in [6, 6.07) is 3.92. The fourth-order valence-electron chi connectivity index (χ4n) is 1.35. The van der Waals surface area contributed by atoms with E-state index in [1.54, 1.807) is 6.26 Å². The van der Waals surface area contributed by atoms with Crippen molar-refractivity contribution in [3.63, 3.8) is 0 Å². The van der Waals surface area contributed by atoms with Crippen molar-refractivity contribution in [1.29, 1.82) is 0 Å². The summed E-state index contributed by atoms with van der Waals surface area (Å²) in [7, 11) is -0.677. The minimum atomic E-state index is -0.677. The maximum atomic E-state index is 11.2. The van der Waals surface area contributed by atoms with Crippen LogP contribution in [0.5, 0.6) is 0 Å². The van der Waals surface area contributed by atoms with Gasteiger partial charge in [0.1, 0.15) is 5.76 Å². The lowest BCUT2D eigenvalue weighted by atomic mass is 10.2. The number of hydrogen-bond acceptors (Lipinski definition) is 3. The smallest absolute Gasteiger partial charge is 0.121 e. The van der Waals surface area contributed by atoms with Gasteiger partial charge in [-0.15, -0.1) is 0 Å². The highest BCUT2D eigenvalue weighted by Crippen LogP contribution is 2.16. The summed E-state index contributed by atoms with van der Waals surface area (Å²) >= 11 is 0. The Kier molecular flexibility index (Phi) is 2.28. The van der Waals surface area contributed by atoms with Gasteiger partial charge in [-0.25, -0.2) is 0 Å². The summed E-state index contributed by atoms with van der Waals surface area (Å²) in [4.78, 5) is 0. The first kappa shape index (κ1) is 8.01. The number of nitrogens with one attached hydrogen (secondary N) is 1. The molecule has 0 aliphatic carbocycles. The summed E-state index contributed by atoms with van der Waals surface area (Å²) in [6.45, 7) is 0.817. The van der Waals surface area contributed by atoms with Crippen molar-refractivity contribution < 1.29 is 8.63 Å².